The molecule has 0 amide bonds. The van der Waals surface area contributed by atoms with Crippen LogP contribution >= 0.6 is 11.6 Å². The molecule has 0 aliphatic carbocycles. The molecule has 0 aliphatic heterocycles. The predicted octanol–water partition coefficient (Wildman–Crippen LogP) is 2.77. The van der Waals surface area contributed by atoms with E-state index in [9.17, 15) is 0 Å². The molecule has 0 unspecified atom stereocenters. The van der Waals surface area contributed by atoms with Crippen molar-refractivity contribution in [2.45, 2.75) is 6.54 Å². The third kappa shape index (κ3) is 4.80. The number of rotatable bonds is 3. The molecule has 0 bridgehead atoms. The lowest BCUT2D eigenvalue weighted by molar-refractivity contribution is 0.872. The molecule has 1 N–H and O–H groups in total. The van der Waals surface area contributed by atoms with Gasteiger partial charge in [0.15, 0.2) is 0 Å². The maximum absolute atomic E-state index is 4.64. The van der Waals surface area contributed by atoms with Gasteiger partial charge in [-0.1, -0.05) is 36.9 Å². The average molecular weight is 184 g/mol. The number of hydrogen-bond acceptors (Lipinski definition) is 1. The highest BCUT2D eigenvalue weighted by molar-refractivity contribution is 6.15. The second-order valence-corrected chi connectivity index (χ2v) is 2.07. The first-order chi connectivity index (χ1) is 5.93. The van der Waals surface area contributed by atoms with Gasteiger partial charge in [0.1, 0.15) is 0 Å². The third-order valence-corrected chi connectivity index (χ3v) is 1.29. The van der Waals surface area contributed by atoms with E-state index in [-0.39, 0.29) is 0 Å². The van der Waals surface area contributed by atoms with Gasteiger partial charge in [-0.3, -0.25) is 0 Å². The molecule has 12 heavy (non-hydrogen) atoms. The van der Waals surface area contributed by atoms with Crippen LogP contribution in [0.2, 0.25) is 0 Å². The largest absolute Gasteiger partial charge is 0.387 e. The Morgan fingerprint density at radius 3 is 2.42 bits per heavy atom. The van der Waals surface area contributed by atoms with Crippen molar-refractivity contribution in [1.82, 2.24) is 5.32 Å². The Balaban J connectivity index is 0.000000561. The number of alkyl halides is 1. The lowest BCUT2D eigenvalue weighted by atomic mass is 10.2. The fourth-order valence-corrected chi connectivity index (χ4v) is 0.786. The molecule has 0 fully saturated rings. The quantitative estimate of drug-likeness (QED) is 0.711. The van der Waals surface area contributed by atoms with Crippen LogP contribution in [0, 0.1) is 0 Å². The Labute approximate surface area is 79.1 Å². The topological polar surface area (TPSA) is 12.0 Å². The monoisotopic (exact) mass is 183 g/mol. The van der Waals surface area contributed by atoms with Gasteiger partial charge in [-0.2, -0.15) is 0 Å². The normalized spacial score (nSPS) is 7.83. The smallest absolute Gasteiger partial charge is 0.0395 e. The summed E-state index contributed by atoms with van der Waals surface area (Å²) in [4.78, 5) is 0. The molecule has 0 radical (unpaired) electrons. The van der Waals surface area contributed by atoms with Gasteiger partial charge in [0, 0.05) is 12.9 Å². The summed E-state index contributed by atoms with van der Waals surface area (Å²) in [5.74, 6) is 0. The fourth-order valence-electron chi connectivity index (χ4n) is 0.786. The summed E-state index contributed by atoms with van der Waals surface area (Å²) in [5.41, 5.74) is 1.28. The number of nitrogens with one attached hydrogen (secondary N) is 1. The van der Waals surface area contributed by atoms with Crippen molar-refractivity contribution in [2.24, 2.45) is 0 Å². The van der Waals surface area contributed by atoms with Crippen molar-refractivity contribution in [2.75, 3.05) is 6.38 Å². The SMILES string of the molecule is C=CNCc1ccccc1.CCl. The van der Waals surface area contributed by atoms with Crippen LogP contribution in [0.15, 0.2) is 43.1 Å². The van der Waals surface area contributed by atoms with Gasteiger partial charge in [0.2, 0.25) is 0 Å². The first-order valence-electron chi connectivity index (χ1n) is 3.69. The Hall–Kier alpha value is -0.950. The molecule has 0 atom stereocenters. The van der Waals surface area contributed by atoms with Gasteiger partial charge >= 0.3 is 0 Å². The van der Waals surface area contributed by atoms with Crippen LogP contribution in [0.1, 0.15) is 5.56 Å². The van der Waals surface area contributed by atoms with Crippen molar-refractivity contribution in [1.29, 1.82) is 0 Å². The summed E-state index contributed by atoms with van der Waals surface area (Å²) in [5, 5.41) is 3.03. The van der Waals surface area contributed by atoms with Crippen LogP contribution in [0.25, 0.3) is 0 Å². The van der Waals surface area contributed by atoms with Crippen LogP contribution < -0.4 is 5.32 Å². The molecule has 0 aliphatic rings. The number of hydrogen-bond donors (Lipinski definition) is 1. The molecular formula is C10H14ClN. The lowest BCUT2D eigenvalue weighted by Gasteiger charge is -1.98. The van der Waals surface area contributed by atoms with Crippen LogP contribution in [0.4, 0.5) is 0 Å². The molecule has 66 valence electrons. The van der Waals surface area contributed by atoms with E-state index in [1.165, 1.54) is 11.9 Å². The Bertz CT molecular complexity index is 196. The Kier molecular flexibility index (Phi) is 7.50. The minimum Gasteiger partial charge on any atom is -0.387 e. The van der Waals surface area contributed by atoms with E-state index in [0.717, 1.165) is 6.54 Å². The first kappa shape index (κ1) is 11.1. The highest BCUT2D eigenvalue weighted by Crippen LogP contribution is 1.96. The summed E-state index contributed by atoms with van der Waals surface area (Å²) in [6.45, 7) is 4.43. The van der Waals surface area contributed by atoms with E-state index in [1.54, 1.807) is 6.20 Å². The molecular weight excluding hydrogens is 170 g/mol. The van der Waals surface area contributed by atoms with Crippen molar-refractivity contribution in [3.8, 4) is 0 Å². The van der Waals surface area contributed by atoms with E-state index in [0.29, 0.717) is 0 Å². The van der Waals surface area contributed by atoms with Crippen molar-refractivity contribution >= 4 is 11.6 Å². The zero-order chi connectivity index (χ0) is 9.23. The van der Waals surface area contributed by atoms with Crippen molar-refractivity contribution in [3.05, 3.63) is 48.7 Å². The van der Waals surface area contributed by atoms with Crippen molar-refractivity contribution in [3.63, 3.8) is 0 Å². The van der Waals surface area contributed by atoms with E-state index in [2.05, 4.69) is 35.6 Å². The summed E-state index contributed by atoms with van der Waals surface area (Å²) in [6.07, 6.45) is 3.17. The number of halogens is 1. The van der Waals surface area contributed by atoms with Crippen LogP contribution in [0.5, 0.6) is 0 Å². The zero-order valence-corrected chi connectivity index (χ0v) is 8.01. The highest BCUT2D eigenvalue weighted by Gasteiger charge is 1.84. The second-order valence-electron chi connectivity index (χ2n) is 2.07. The lowest BCUT2D eigenvalue weighted by Crippen LogP contribution is -2.02. The zero-order valence-electron chi connectivity index (χ0n) is 7.26. The first-order valence-corrected chi connectivity index (χ1v) is 4.45. The van der Waals surface area contributed by atoms with E-state index in [1.807, 2.05) is 18.2 Å². The molecule has 0 saturated carbocycles. The van der Waals surface area contributed by atoms with Crippen LogP contribution in [0.3, 0.4) is 0 Å². The third-order valence-electron chi connectivity index (χ3n) is 1.29. The van der Waals surface area contributed by atoms with Gasteiger partial charge in [-0.05, 0) is 11.8 Å². The minimum absolute atomic E-state index is 0.865. The number of benzene rings is 1. The maximum atomic E-state index is 4.64. The predicted molar refractivity (Wildman–Crippen MR) is 55.3 cm³/mol. The summed E-state index contributed by atoms with van der Waals surface area (Å²) >= 11 is 4.64. The van der Waals surface area contributed by atoms with Crippen LogP contribution in [-0.2, 0) is 6.54 Å². The average Bonchev–Trinajstić information content (AvgIpc) is 2.19. The fraction of sp³-hybridized carbons (Fsp3) is 0.200. The summed E-state index contributed by atoms with van der Waals surface area (Å²) < 4.78 is 0. The second kappa shape index (κ2) is 8.15. The van der Waals surface area contributed by atoms with E-state index >= 15 is 0 Å². The summed E-state index contributed by atoms with van der Waals surface area (Å²) in [7, 11) is 0. The molecule has 1 nitrogen and oxygen atoms in total. The molecule has 0 aromatic heterocycles. The molecule has 1 aromatic rings. The standard InChI is InChI=1S/C9H11N.CH3Cl/c1-2-10-8-9-6-4-3-5-7-9;1-2/h2-7,10H,1,8H2;1H3. The van der Waals surface area contributed by atoms with Gasteiger partial charge in [-0.15, -0.1) is 11.6 Å². The Morgan fingerprint density at radius 2 is 1.92 bits per heavy atom. The molecule has 2 heteroatoms. The maximum Gasteiger partial charge on any atom is 0.0395 e. The molecule has 0 saturated heterocycles. The minimum atomic E-state index is 0.865. The van der Waals surface area contributed by atoms with Crippen LogP contribution in [-0.4, -0.2) is 6.38 Å². The van der Waals surface area contributed by atoms with E-state index in [4.69, 9.17) is 0 Å². The Morgan fingerprint density at radius 1 is 1.33 bits per heavy atom. The van der Waals surface area contributed by atoms with Gasteiger partial charge < -0.3 is 5.32 Å². The van der Waals surface area contributed by atoms with Gasteiger partial charge in [0.25, 0.3) is 0 Å². The highest BCUT2D eigenvalue weighted by atomic mass is 35.5. The van der Waals surface area contributed by atoms with Gasteiger partial charge in [0.05, 0.1) is 0 Å². The summed E-state index contributed by atoms with van der Waals surface area (Å²) in [6, 6.07) is 10.2. The molecule has 0 heterocycles. The molecule has 0 spiro atoms. The van der Waals surface area contributed by atoms with Gasteiger partial charge in [-0.25, -0.2) is 0 Å². The van der Waals surface area contributed by atoms with E-state index < -0.39 is 0 Å². The van der Waals surface area contributed by atoms with Crippen molar-refractivity contribution < 1.29 is 0 Å². The molecule has 1 rings (SSSR count). The molecule has 1 aromatic carbocycles.